The SMILES string of the molecule is CC1(C)C=CC(C)(C)[N+]1=O. The van der Waals surface area contributed by atoms with Gasteiger partial charge in [-0.25, -0.2) is 0 Å². The zero-order valence-corrected chi connectivity index (χ0v) is 7.01. The molecular weight excluding hydrogens is 126 g/mol. The molecule has 2 nitrogen and oxygen atoms in total. The maximum absolute atomic E-state index is 11.4. The molecule has 0 aromatic carbocycles. The molecule has 0 aromatic rings. The topological polar surface area (TPSA) is 20.1 Å². The number of nitroso groups, excluding NO2 is 1. The van der Waals surface area contributed by atoms with E-state index in [1.54, 1.807) is 0 Å². The summed E-state index contributed by atoms with van der Waals surface area (Å²) in [4.78, 5) is 11.4. The van der Waals surface area contributed by atoms with Crippen LogP contribution in [0.3, 0.4) is 0 Å². The summed E-state index contributed by atoms with van der Waals surface area (Å²) in [7, 11) is 0. The molecule has 0 bridgehead atoms. The third kappa shape index (κ3) is 0.877. The molecule has 1 aliphatic rings. The molecule has 56 valence electrons. The minimum absolute atomic E-state index is 0.316. The Morgan fingerprint density at radius 1 is 1.00 bits per heavy atom. The van der Waals surface area contributed by atoms with E-state index in [0.717, 1.165) is 4.76 Å². The van der Waals surface area contributed by atoms with E-state index >= 15 is 0 Å². The van der Waals surface area contributed by atoms with Crippen LogP contribution in [-0.4, -0.2) is 15.8 Å². The lowest BCUT2D eigenvalue weighted by molar-refractivity contribution is -0.650. The Labute approximate surface area is 61.5 Å². The largest absolute Gasteiger partial charge is 0.224 e. The van der Waals surface area contributed by atoms with Crippen LogP contribution in [0.2, 0.25) is 0 Å². The Balaban J connectivity index is 3.00. The zero-order valence-electron chi connectivity index (χ0n) is 7.01. The van der Waals surface area contributed by atoms with Crippen molar-refractivity contribution in [2.24, 2.45) is 0 Å². The summed E-state index contributed by atoms with van der Waals surface area (Å²) in [5.74, 6) is 0. The van der Waals surface area contributed by atoms with Crippen molar-refractivity contribution in [1.29, 1.82) is 0 Å². The van der Waals surface area contributed by atoms with Crippen molar-refractivity contribution in [1.82, 2.24) is 0 Å². The number of nitrogens with zero attached hydrogens (tertiary/aromatic N) is 1. The van der Waals surface area contributed by atoms with Crippen LogP contribution in [0.5, 0.6) is 0 Å². The molecule has 0 spiro atoms. The van der Waals surface area contributed by atoms with Crippen LogP contribution in [0.25, 0.3) is 0 Å². The molecule has 0 saturated heterocycles. The van der Waals surface area contributed by atoms with Gasteiger partial charge in [0.2, 0.25) is 11.1 Å². The summed E-state index contributed by atoms with van der Waals surface area (Å²) in [6, 6.07) is 0. The van der Waals surface area contributed by atoms with Crippen molar-refractivity contribution in [3.05, 3.63) is 17.1 Å². The second-order valence-corrected chi connectivity index (χ2v) is 3.94. The second kappa shape index (κ2) is 1.68. The van der Waals surface area contributed by atoms with Crippen molar-refractivity contribution >= 4 is 0 Å². The van der Waals surface area contributed by atoms with E-state index in [0.29, 0.717) is 0 Å². The summed E-state index contributed by atoms with van der Waals surface area (Å²) in [6.45, 7) is 7.69. The fraction of sp³-hybridized carbons (Fsp3) is 0.750. The molecule has 0 atom stereocenters. The van der Waals surface area contributed by atoms with Gasteiger partial charge in [-0.15, -0.1) is 0 Å². The highest BCUT2D eigenvalue weighted by atomic mass is 16.3. The Bertz CT molecular complexity index is 181. The lowest BCUT2D eigenvalue weighted by Gasteiger charge is -2.12. The molecule has 0 aliphatic carbocycles. The van der Waals surface area contributed by atoms with Gasteiger partial charge in [0.05, 0.1) is 0 Å². The van der Waals surface area contributed by atoms with Gasteiger partial charge >= 0.3 is 0 Å². The molecule has 1 rings (SSSR count). The van der Waals surface area contributed by atoms with Gasteiger partial charge in [-0.2, -0.15) is 0 Å². The Morgan fingerprint density at radius 2 is 1.30 bits per heavy atom. The quantitative estimate of drug-likeness (QED) is 0.371. The lowest BCUT2D eigenvalue weighted by atomic mass is 10.1. The molecule has 0 aromatic heterocycles. The molecule has 0 radical (unpaired) electrons. The minimum atomic E-state index is -0.316. The molecule has 0 unspecified atom stereocenters. The Kier molecular flexibility index (Phi) is 1.25. The molecule has 0 saturated carbocycles. The smallest absolute Gasteiger partial charge is 0.00731 e. The van der Waals surface area contributed by atoms with Gasteiger partial charge in [-0.05, 0) is 12.2 Å². The minimum Gasteiger partial charge on any atom is -0.00731 e. The zero-order chi connectivity index (χ0) is 7.99. The fourth-order valence-electron chi connectivity index (χ4n) is 1.29. The van der Waals surface area contributed by atoms with Gasteiger partial charge in [0.15, 0.2) is 0 Å². The van der Waals surface area contributed by atoms with Crippen molar-refractivity contribution in [2.45, 2.75) is 38.8 Å². The molecule has 0 amide bonds. The summed E-state index contributed by atoms with van der Waals surface area (Å²) >= 11 is 0. The van der Waals surface area contributed by atoms with Gasteiger partial charge < -0.3 is 0 Å². The highest BCUT2D eigenvalue weighted by molar-refractivity contribution is 5.10. The fourth-order valence-corrected chi connectivity index (χ4v) is 1.29. The number of hydrogen-bond donors (Lipinski definition) is 0. The highest BCUT2D eigenvalue weighted by Gasteiger charge is 2.48. The van der Waals surface area contributed by atoms with E-state index < -0.39 is 0 Å². The van der Waals surface area contributed by atoms with E-state index in [9.17, 15) is 4.91 Å². The molecule has 0 fully saturated rings. The predicted octanol–water partition coefficient (Wildman–Crippen LogP) is 1.89. The van der Waals surface area contributed by atoms with Gasteiger partial charge in [0.1, 0.15) is 0 Å². The first-order chi connectivity index (χ1) is 4.36. The third-order valence-corrected chi connectivity index (χ3v) is 1.95. The molecule has 1 heterocycles. The van der Waals surface area contributed by atoms with Gasteiger partial charge in [0, 0.05) is 37.4 Å². The maximum Gasteiger partial charge on any atom is 0.224 e. The summed E-state index contributed by atoms with van der Waals surface area (Å²) in [5, 5.41) is 0. The average Bonchev–Trinajstić information content (AvgIpc) is 1.95. The summed E-state index contributed by atoms with van der Waals surface area (Å²) in [5.41, 5.74) is -0.632. The summed E-state index contributed by atoms with van der Waals surface area (Å²) < 4.78 is 1.12. The predicted molar refractivity (Wildman–Crippen MR) is 40.9 cm³/mol. The van der Waals surface area contributed by atoms with Crippen LogP contribution in [-0.2, 0) is 0 Å². The first-order valence-corrected chi connectivity index (χ1v) is 3.54. The van der Waals surface area contributed by atoms with Gasteiger partial charge in [0.25, 0.3) is 0 Å². The van der Waals surface area contributed by atoms with Crippen molar-refractivity contribution in [3.8, 4) is 0 Å². The average molecular weight is 140 g/mol. The second-order valence-electron chi connectivity index (χ2n) is 3.94. The van der Waals surface area contributed by atoms with E-state index in [2.05, 4.69) is 0 Å². The van der Waals surface area contributed by atoms with Crippen molar-refractivity contribution < 1.29 is 4.76 Å². The molecule has 2 heteroatoms. The van der Waals surface area contributed by atoms with E-state index in [1.165, 1.54) is 0 Å². The van der Waals surface area contributed by atoms with Crippen LogP contribution in [0, 0.1) is 4.91 Å². The van der Waals surface area contributed by atoms with Crippen LogP contribution in [0.4, 0.5) is 0 Å². The van der Waals surface area contributed by atoms with Crippen LogP contribution in [0.15, 0.2) is 12.2 Å². The monoisotopic (exact) mass is 140 g/mol. The molecule has 0 N–H and O–H groups in total. The first kappa shape index (κ1) is 7.45. The van der Waals surface area contributed by atoms with Crippen LogP contribution in [0.1, 0.15) is 27.7 Å². The molecular formula is C8H14NO+. The van der Waals surface area contributed by atoms with E-state index in [-0.39, 0.29) is 11.1 Å². The molecule has 1 aliphatic heterocycles. The lowest BCUT2D eigenvalue weighted by Crippen LogP contribution is -2.39. The van der Waals surface area contributed by atoms with Gasteiger partial charge in [-0.1, -0.05) is 0 Å². The summed E-state index contributed by atoms with van der Waals surface area (Å²) in [6.07, 6.45) is 3.92. The van der Waals surface area contributed by atoms with Crippen molar-refractivity contribution in [2.75, 3.05) is 0 Å². The number of rotatable bonds is 0. The molecule has 10 heavy (non-hydrogen) atoms. The highest BCUT2D eigenvalue weighted by Crippen LogP contribution is 2.28. The normalized spacial score (nSPS) is 27.4. The van der Waals surface area contributed by atoms with Crippen LogP contribution < -0.4 is 0 Å². The third-order valence-electron chi connectivity index (χ3n) is 1.95. The Morgan fingerprint density at radius 3 is 1.40 bits per heavy atom. The van der Waals surface area contributed by atoms with Crippen molar-refractivity contribution in [3.63, 3.8) is 0 Å². The Hall–Kier alpha value is -0.660. The van der Waals surface area contributed by atoms with E-state index in [1.807, 2.05) is 39.8 Å². The number of hydrogen-bond acceptors (Lipinski definition) is 1. The standard InChI is InChI=1S/C8H14NO/c1-7(2)5-6-8(3,4)9(7)10/h5-6H,1-4H3/q+1. The van der Waals surface area contributed by atoms with E-state index in [4.69, 9.17) is 0 Å². The van der Waals surface area contributed by atoms with Gasteiger partial charge in [-0.3, -0.25) is 0 Å². The first-order valence-electron chi connectivity index (χ1n) is 3.54. The maximum atomic E-state index is 11.4. The van der Waals surface area contributed by atoms with Crippen LogP contribution >= 0.6 is 0 Å².